The van der Waals surface area contributed by atoms with Gasteiger partial charge in [-0.05, 0) is 38.4 Å². The number of rotatable bonds is 6. The number of nitrogens with one attached hydrogen (secondary N) is 1. The van der Waals surface area contributed by atoms with Crippen molar-refractivity contribution in [2.75, 3.05) is 6.54 Å². The normalized spacial score (nSPS) is 12.7. The predicted octanol–water partition coefficient (Wildman–Crippen LogP) is 4.06. The molecular formula is C13H21NS. The van der Waals surface area contributed by atoms with Crippen LogP contribution in [0, 0.1) is 6.92 Å². The van der Waals surface area contributed by atoms with Gasteiger partial charge in [-0.1, -0.05) is 26.0 Å². The van der Waals surface area contributed by atoms with E-state index in [4.69, 9.17) is 0 Å². The Labute approximate surface area is 97.2 Å². The van der Waals surface area contributed by atoms with Crippen molar-refractivity contribution in [3.63, 3.8) is 0 Å². The van der Waals surface area contributed by atoms with Crippen molar-refractivity contribution in [2.24, 2.45) is 0 Å². The molecule has 0 aliphatic rings. The minimum atomic E-state index is 0.459. The minimum absolute atomic E-state index is 0.459. The summed E-state index contributed by atoms with van der Waals surface area (Å²) >= 11 is 1.88. The third-order valence-electron chi connectivity index (χ3n) is 2.55. The molecule has 0 aliphatic carbocycles. The molecule has 1 nitrogen and oxygen atoms in total. The summed E-state index contributed by atoms with van der Waals surface area (Å²) in [7, 11) is 0. The first-order valence-corrected chi connectivity index (χ1v) is 6.45. The van der Waals surface area contributed by atoms with Gasteiger partial charge in [0.15, 0.2) is 0 Å². The summed E-state index contributed by atoms with van der Waals surface area (Å²) in [5, 5.41) is 3.53. The zero-order valence-electron chi connectivity index (χ0n) is 9.97. The average molecular weight is 223 g/mol. The molecule has 0 saturated carbocycles. The van der Waals surface area contributed by atoms with Crippen LogP contribution in [0.1, 0.15) is 42.5 Å². The van der Waals surface area contributed by atoms with Crippen molar-refractivity contribution in [3.05, 3.63) is 34.0 Å². The van der Waals surface area contributed by atoms with Crippen LogP contribution < -0.4 is 5.32 Å². The second-order valence-corrected chi connectivity index (χ2v) is 5.19. The number of hydrogen-bond acceptors (Lipinski definition) is 2. The Hall–Kier alpha value is -0.600. The van der Waals surface area contributed by atoms with Crippen LogP contribution in [0.5, 0.6) is 0 Å². The van der Waals surface area contributed by atoms with Gasteiger partial charge in [0.1, 0.15) is 0 Å². The molecule has 0 fully saturated rings. The van der Waals surface area contributed by atoms with Crippen LogP contribution in [-0.2, 0) is 0 Å². The van der Waals surface area contributed by atoms with Crippen LogP contribution >= 0.6 is 11.3 Å². The van der Waals surface area contributed by atoms with Gasteiger partial charge in [-0.3, -0.25) is 0 Å². The highest BCUT2D eigenvalue weighted by Crippen LogP contribution is 2.27. The number of thiophene rings is 1. The summed E-state index contributed by atoms with van der Waals surface area (Å²) in [4.78, 5) is 2.82. The van der Waals surface area contributed by atoms with E-state index in [0.29, 0.717) is 6.04 Å². The maximum absolute atomic E-state index is 4.09. The van der Waals surface area contributed by atoms with E-state index < -0.39 is 0 Å². The molecule has 0 saturated heterocycles. The van der Waals surface area contributed by atoms with Crippen LogP contribution in [-0.4, -0.2) is 6.54 Å². The Morgan fingerprint density at radius 3 is 2.67 bits per heavy atom. The topological polar surface area (TPSA) is 12.0 Å². The molecule has 1 unspecified atom stereocenters. The molecule has 1 heterocycles. The smallest absolute Gasteiger partial charge is 0.0452 e. The molecule has 1 N–H and O–H groups in total. The number of aryl methyl sites for hydroxylation is 1. The molecule has 1 rings (SSSR count). The zero-order chi connectivity index (χ0) is 11.3. The summed E-state index contributed by atoms with van der Waals surface area (Å²) in [6, 6.07) is 4.89. The molecule has 15 heavy (non-hydrogen) atoms. The lowest BCUT2D eigenvalue weighted by Gasteiger charge is -2.17. The molecule has 0 bridgehead atoms. The Morgan fingerprint density at radius 2 is 2.20 bits per heavy atom. The van der Waals surface area contributed by atoms with Gasteiger partial charge >= 0.3 is 0 Å². The molecule has 1 atom stereocenters. The van der Waals surface area contributed by atoms with Gasteiger partial charge in [-0.2, -0.15) is 0 Å². The van der Waals surface area contributed by atoms with E-state index in [2.05, 4.69) is 44.8 Å². The lowest BCUT2D eigenvalue weighted by Crippen LogP contribution is -2.20. The third-order valence-corrected chi connectivity index (χ3v) is 3.66. The monoisotopic (exact) mass is 223 g/mol. The van der Waals surface area contributed by atoms with E-state index in [1.165, 1.54) is 15.3 Å². The predicted molar refractivity (Wildman–Crippen MR) is 69.5 cm³/mol. The maximum atomic E-state index is 4.09. The van der Waals surface area contributed by atoms with Crippen LogP contribution in [0.15, 0.2) is 24.3 Å². The van der Waals surface area contributed by atoms with Gasteiger partial charge in [0.2, 0.25) is 0 Å². The highest BCUT2D eigenvalue weighted by molar-refractivity contribution is 7.12. The van der Waals surface area contributed by atoms with Crippen molar-refractivity contribution in [1.29, 1.82) is 0 Å². The second-order valence-electron chi connectivity index (χ2n) is 3.87. The zero-order valence-corrected chi connectivity index (χ0v) is 10.8. The second kappa shape index (κ2) is 6.09. The first-order chi connectivity index (χ1) is 7.17. The SMILES string of the molecule is C=C(CC)CC(NCC)c1ccc(C)s1. The largest absolute Gasteiger partial charge is 0.309 e. The van der Waals surface area contributed by atoms with E-state index in [0.717, 1.165) is 19.4 Å². The molecule has 0 aromatic carbocycles. The first kappa shape index (κ1) is 12.5. The van der Waals surface area contributed by atoms with Gasteiger partial charge in [0, 0.05) is 15.8 Å². The molecule has 1 aromatic rings. The van der Waals surface area contributed by atoms with Crippen LogP contribution in [0.2, 0.25) is 0 Å². The van der Waals surface area contributed by atoms with Gasteiger partial charge < -0.3 is 5.32 Å². The first-order valence-electron chi connectivity index (χ1n) is 5.63. The molecule has 0 amide bonds. The van der Waals surface area contributed by atoms with Gasteiger partial charge in [0.05, 0.1) is 0 Å². The fourth-order valence-corrected chi connectivity index (χ4v) is 2.55. The van der Waals surface area contributed by atoms with Crippen LogP contribution in [0.3, 0.4) is 0 Å². The number of hydrogen-bond donors (Lipinski definition) is 1. The summed E-state index contributed by atoms with van der Waals surface area (Å²) in [5.74, 6) is 0. The standard InChI is InChI=1S/C13H21NS/c1-5-10(3)9-12(14-6-2)13-8-7-11(4)15-13/h7-8,12,14H,3,5-6,9H2,1-2,4H3. The molecular weight excluding hydrogens is 202 g/mol. The fourth-order valence-electron chi connectivity index (χ4n) is 1.59. The average Bonchev–Trinajstić information content (AvgIpc) is 2.64. The Balaban J connectivity index is 2.69. The molecule has 84 valence electrons. The molecule has 0 aliphatic heterocycles. The van der Waals surface area contributed by atoms with Crippen molar-refractivity contribution < 1.29 is 0 Å². The highest BCUT2D eigenvalue weighted by Gasteiger charge is 2.12. The van der Waals surface area contributed by atoms with E-state index >= 15 is 0 Å². The van der Waals surface area contributed by atoms with E-state index in [9.17, 15) is 0 Å². The van der Waals surface area contributed by atoms with E-state index in [1.54, 1.807) is 0 Å². The minimum Gasteiger partial charge on any atom is -0.309 e. The Kier molecular flexibility index (Phi) is 5.06. The van der Waals surface area contributed by atoms with Crippen molar-refractivity contribution in [3.8, 4) is 0 Å². The molecule has 0 radical (unpaired) electrons. The van der Waals surface area contributed by atoms with E-state index in [1.807, 2.05) is 11.3 Å². The van der Waals surface area contributed by atoms with Crippen LogP contribution in [0.25, 0.3) is 0 Å². The van der Waals surface area contributed by atoms with Crippen molar-refractivity contribution in [1.82, 2.24) is 5.32 Å². The maximum Gasteiger partial charge on any atom is 0.0452 e. The molecule has 0 spiro atoms. The molecule has 1 aromatic heterocycles. The Bertz CT molecular complexity index is 314. The van der Waals surface area contributed by atoms with E-state index in [-0.39, 0.29) is 0 Å². The van der Waals surface area contributed by atoms with Crippen molar-refractivity contribution in [2.45, 2.75) is 39.7 Å². The summed E-state index contributed by atoms with van der Waals surface area (Å²) < 4.78 is 0. The summed E-state index contributed by atoms with van der Waals surface area (Å²) in [6.07, 6.45) is 2.14. The molecule has 2 heteroatoms. The highest BCUT2D eigenvalue weighted by atomic mass is 32.1. The van der Waals surface area contributed by atoms with Gasteiger partial charge in [0.25, 0.3) is 0 Å². The lowest BCUT2D eigenvalue weighted by molar-refractivity contribution is 0.551. The summed E-state index contributed by atoms with van der Waals surface area (Å²) in [6.45, 7) is 11.6. The lowest BCUT2D eigenvalue weighted by atomic mass is 10.0. The van der Waals surface area contributed by atoms with Gasteiger partial charge in [-0.15, -0.1) is 11.3 Å². The van der Waals surface area contributed by atoms with Gasteiger partial charge in [-0.25, -0.2) is 0 Å². The van der Waals surface area contributed by atoms with Crippen LogP contribution in [0.4, 0.5) is 0 Å². The third kappa shape index (κ3) is 3.80. The summed E-state index contributed by atoms with van der Waals surface area (Å²) in [5.41, 5.74) is 1.33. The quantitative estimate of drug-likeness (QED) is 0.717. The Morgan fingerprint density at radius 1 is 1.47 bits per heavy atom. The fraction of sp³-hybridized carbons (Fsp3) is 0.538. The van der Waals surface area contributed by atoms with Crippen molar-refractivity contribution >= 4 is 11.3 Å².